The highest BCUT2D eigenvalue weighted by atomic mass is 35.5. The van der Waals surface area contributed by atoms with Crippen LogP contribution in [0.2, 0.25) is 5.02 Å². The van der Waals surface area contributed by atoms with Crippen LogP contribution in [0.15, 0.2) is 24.4 Å². The molecule has 0 N–H and O–H groups in total. The molecule has 0 saturated heterocycles. The van der Waals surface area contributed by atoms with Crippen LogP contribution in [0.1, 0.15) is 11.3 Å². The van der Waals surface area contributed by atoms with E-state index in [-0.39, 0.29) is 0 Å². The Morgan fingerprint density at radius 1 is 1.50 bits per heavy atom. The predicted octanol–water partition coefficient (Wildman–Crippen LogP) is 2.91. The molecule has 1 aromatic heterocycles. The lowest BCUT2D eigenvalue weighted by Crippen LogP contribution is -2.02. The van der Waals surface area contributed by atoms with Gasteiger partial charge < -0.3 is 4.74 Å². The lowest BCUT2D eigenvalue weighted by atomic mass is 10.2. The van der Waals surface area contributed by atoms with Crippen LogP contribution in [0.25, 0.3) is 5.69 Å². The van der Waals surface area contributed by atoms with Gasteiger partial charge in [0.25, 0.3) is 0 Å². The minimum absolute atomic E-state index is 0.342. The van der Waals surface area contributed by atoms with Crippen molar-refractivity contribution in [3.8, 4) is 17.5 Å². The van der Waals surface area contributed by atoms with Crippen molar-refractivity contribution < 1.29 is 4.74 Å². The molecule has 0 atom stereocenters. The zero-order chi connectivity index (χ0) is 13.1. The molecule has 1 aromatic carbocycles. The summed E-state index contributed by atoms with van der Waals surface area (Å²) in [5, 5.41) is 13.6. The van der Waals surface area contributed by atoms with Gasteiger partial charge in [0, 0.05) is 16.3 Å². The van der Waals surface area contributed by atoms with Crippen LogP contribution < -0.4 is 4.74 Å². The van der Waals surface area contributed by atoms with Gasteiger partial charge in [-0.25, -0.2) is 4.68 Å². The predicted molar refractivity (Wildman–Crippen MR) is 69.2 cm³/mol. The first kappa shape index (κ1) is 12.5. The number of benzene rings is 1. The molecule has 0 bridgehead atoms. The second kappa shape index (κ2) is 5.11. The lowest BCUT2D eigenvalue weighted by molar-refractivity contribution is 0.411. The minimum Gasteiger partial charge on any atom is -0.494 e. The number of ether oxygens (including phenoxy) is 1. The van der Waals surface area contributed by atoms with E-state index in [0.29, 0.717) is 17.2 Å². The molecule has 0 aliphatic carbocycles. The summed E-state index contributed by atoms with van der Waals surface area (Å²) in [5.74, 6) is 0.689. The van der Waals surface area contributed by atoms with Gasteiger partial charge in [-0.15, -0.1) is 0 Å². The van der Waals surface area contributed by atoms with Crippen molar-refractivity contribution in [3.63, 3.8) is 0 Å². The Bertz CT molecular complexity index is 613. The average Bonchev–Trinajstić information content (AvgIpc) is 2.72. The summed E-state index contributed by atoms with van der Waals surface area (Å²) in [6.07, 6.45) is 2.04. The highest BCUT2D eigenvalue weighted by molar-refractivity contribution is 6.30. The monoisotopic (exact) mass is 261 g/mol. The molecule has 2 rings (SSSR count). The van der Waals surface area contributed by atoms with E-state index in [1.54, 1.807) is 36.2 Å². The van der Waals surface area contributed by atoms with Gasteiger partial charge in [0.2, 0.25) is 0 Å². The van der Waals surface area contributed by atoms with Crippen LogP contribution in [-0.4, -0.2) is 16.9 Å². The van der Waals surface area contributed by atoms with Crippen molar-refractivity contribution in [2.45, 2.75) is 13.3 Å². The first-order chi connectivity index (χ1) is 8.67. The van der Waals surface area contributed by atoms with Gasteiger partial charge >= 0.3 is 0 Å². The van der Waals surface area contributed by atoms with Crippen molar-refractivity contribution in [1.29, 1.82) is 5.26 Å². The fourth-order valence-corrected chi connectivity index (χ4v) is 1.94. The summed E-state index contributed by atoms with van der Waals surface area (Å²) < 4.78 is 7.03. The number of rotatable bonds is 3. The second-order valence-corrected chi connectivity index (χ2v) is 4.25. The van der Waals surface area contributed by atoms with Crippen LogP contribution in [0.3, 0.4) is 0 Å². The van der Waals surface area contributed by atoms with Crippen molar-refractivity contribution in [2.24, 2.45) is 0 Å². The number of aromatic nitrogens is 2. The molecule has 0 aliphatic heterocycles. The summed E-state index contributed by atoms with van der Waals surface area (Å²) in [6.45, 7) is 1.92. The molecule has 92 valence electrons. The summed E-state index contributed by atoms with van der Waals surface area (Å²) in [4.78, 5) is 0. The van der Waals surface area contributed by atoms with Gasteiger partial charge in [-0.2, -0.15) is 10.4 Å². The Hall–Kier alpha value is -1.99. The first-order valence-corrected chi connectivity index (χ1v) is 5.79. The molecule has 0 saturated carbocycles. The molecule has 0 spiro atoms. The smallest absolute Gasteiger partial charge is 0.144 e. The third kappa shape index (κ3) is 2.18. The SMILES string of the molecule is COc1ccc(Cl)cc1-n1ncc(CC#N)c1C. The maximum absolute atomic E-state index is 8.74. The van der Waals surface area contributed by atoms with E-state index in [2.05, 4.69) is 11.2 Å². The van der Waals surface area contributed by atoms with E-state index < -0.39 is 0 Å². The first-order valence-electron chi connectivity index (χ1n) is 5.41. The largest absolute Gasteiger partial charge is 0.494 e. The molecule has 0 fully saturated rings. The Kier molecular flexibility index (Phi) is 3.54. The summed E-state index contributed by atoms with van der Waals surface area (Å²) >= 11 is 5.99. The van der Waals surface area contributed by atoms with E-state index in [0.717, 1.165) is 16.9 Å². The van der Waals surface area contributed by atoms with Crippen LogP contribution in [0, 0.1) is 18.3 Å². The van der Waals surface area contributed by atoms with Crippen LogP contribution in [0.4, 0.5) is 0 Å². The van der Waals surface area contributed by atoms with E-state index in [4.69, 9.17) is 21.6 Å². The van der Waals surface area contributed by atoms with Crippen molar-refractivity contribution in [2.75, 3.05) is 7.11 Å². The Morgan fingerprint density at radius 2 is 2.28 bits per heavy atom. The molecule has 2 aromatic rings. The van der Waals surface area contributed by atoms with Crippen molar-refractivity contribution in [3.05, 3.63) is 40.7 Å². The zero-order valence-corrected chi connectivity index (χ0v) is 10.9. The van der Waals surface area contributed by atoms with Crippen molar-refractivity contribution >= 4 is 11.6 Å². The number of methoxy groups -OCH3 is 1. The van der Waals surface area contributed by atoms with Crippen LogP contribution >= 0.6 is 11.6 Å². The van der Waals surface area contributed by atoms with E-state index in [1.807, 2.05) is 6.92 Å². The molecule has 0 amide bonds. The second-order valence-electron chi connectivity index (χ2n) is 3.82. The normalized spacial score (nSPS) is 10.1. The topological polar surface area (TPSA) is 50.8 Å². The fourth-order valence-electron chi connectivity index (χ4n) is 1.77. The summed E-state index contributed by atoms with van der Waals surface area (Å²) in [6, 6.07) is 7.46. The standard InChI is InChI=1S/C13H12ClN3O/c1-9-10(5-6-15)8-16-17(9)12-7-11(14)3-4-13(12)18-2/h3-4,7-8H,5H2,1-2H3. The number of hydrogen-bond acceptors (Lipinski definition) is 3. The molecule has 0 unspecified atom stereocenters. The Balaban J connectivity index is 2.55. The third-order valence-corrected chi connectivity index (χ3v) is 2.99. The van der Waals surface area contributed by atoms with Gasteiger partial charge in [0.05, 0.1) is 25.8 Å². The number of nitriles is 1. The van der Waals surface area contributed by atoms with Gasteiger partial charge in [-0.05, 0) is 25.1 Å². The Morgan fingerprint density at radius 3 is 2.94 bits per heavy atom. The van der Waals surface area contributed by atoms with Gasteiger partial charge in [0.15, 0.2) is 0 Å². The summed E-state index contributed by atoms with van der Waals surface area (Å²) in [7, 11) is 1.60. The van der Waals surface area contributed by atoms with E-state index in [1.165, 1.54) is 0 Å². The van der Waals surface area contributed by atoms with Gasteiger partial charge in [-0.3, -0.25) is 0 Å². The molecular weight excluding hydrogens is 250 g/mol. The molecule has 0 radical (unpaired) electrons. The molecule has 4 nitrogen and oxygen atoms in total. The summed E-state index contributed by atoms with van der Waals surface area (Å²) in [5.41, 5.74) is 2.59. The zero-order valence-electron chi connectivity index (χ0n) is 10.1. The van der Waals surface area contributed by atoms with Gasteiger partial charge in [-0.1, -0.05) is 11.6 Å². The quantitative estimate of drug-likeness (QED) is 0.854. The van der Waals surface area contributed by atoms with Gasteiger partial charge in [0.1, 0.15) is 11.4 Å². The maximum atomic E-state index is 8.74. The van der Waals surface area contributed by atoms with Crippen molar-refractivity contribution in [1.82, 2.24) is 9.78 Å². The highest BCUT2D eigenvalue weighted by Crippen LogP contribution is 2.27. The van der Waals surface area contributed by atoms with Crippen LogP contribution in [0.5, 0.6) is 5.75 Å². The number of halogens is 1. The number of hydrogen-bond donors (Lipinski definition) is 0. The third-order valence-electron chi connectivity index (χ3n) is 2.75. The lowest BCUT2D eigenvalue weighted by Gasteiger charge is -2.10. The Labute approximate surface area is 110 Å². The maximum Gasteiger partial charge on any atom is 0.144 e. The fraction of sp³-hybridized carbons (Fsp3) is 0.231. The minimum atomic E-state index is 0.342. The molecule has 18 heavy (non-hydrogen) atoms. The molecule has 5 heteroatoms. The van der Waals surface area contributed by atoms with Crippen LogP contribution in [-0.2, 0) is 6.42 Å². The van der Waals surface area contributed by atoms with E-state index >= 15 is 0 Å². The van der Waals surface area contributed by atoms with E-state index in [9.17, 15) is 0 Å². The highest BCUT2D eigenvalue weighted by Gasteiger charge is 2.12. The molecular formula is C13H12ClN3O. The molecule has 0 aliphatic rings. The number of nitrogens with zero attached hydrogens (tertiary/aromatic N) is 3. The average molecular weight is 262 g/mol. The molecule has 1 heterocycles.